The fourth-order valence-electron chi connectivity index (χ4n) is 2.25. The van der Waals surface area contributed by atoms with Crippen LogP contribution in [-0.2, 0) is 5.75 Å². The van der Waals surface area contributed by atoms with Crippen LogP contribution < -0.4 is 0 Å². The molecule has 27 heavy (non-hydrogen) atoms. The summed E-state index contributed by atoms with van der Waals surface area (Å²) < 4.78 is 10.7. The van der Waals surface area contributed by atoms with Crippen molar-refractivity contribution >= 4 is 17.4 Å². The van der Waals surface area contributed by atoms with E-state index in [9.17, 15) is 10.1 Å². The number of nitro groups is 1. The van der Waals surface area contributed by atoms with Crippen molar-refractivity contribution in [2.45, 2.75) is 11.0 Å². The number of thioether (sulfide) groups is 1. The van der Waals surface area contributed by atoms with Gasteiger partial charge in [-0.2, -0.15) is 4.98 Å². The van der Waals surface area contributed by atoms with E-state index in [0.29, 0.717) is 16.7 Å². The van der Waals surface area contributed by atoms with E-state index in [2.05, 4.69) is 25.3 Å². The van der Waals surface area contributed by atoms with E-state index in [4.69, 9.17) is 8.94 Å². The molecule has 0 aliphatic carbocycles. The average molecular weight is 382 g/mol. The third-order valence-electron chi connectivity index (χ3n) is 3.46. The molecule has 3 heterocycles. The number of rotatable bonds is 6. The number of para-hydroxylation sites is 1. The van der Waals surface area contributed by atoms with Crippen molar-refractivity contribution in [1.29, 1.82) is 0 Å². The Morgan fingerprint density at radius 2 is 1.93 bits per heavy atom. The van der Waals surface area contributed by atoms with Crippen molar-refractivity contribution in [3.63, 3.8) is 0 Å². The lowest BCUT2D eigenvalue weighted by molar-refractivity contribution is -0.384. The van der Waals surface area contributed by atoms with Crippen molar-refractivity contribution in [3.8, 4) is 22.8 Å². The Kier molecular flexibility index (Phi) is 4.58. The minimum absolute atomic E-state index is 0.0867. The minimum atomic E-state index is -0.487. The number of benzene rings is 1. The molecule has 1 aromatic carbocycles. The van der Waals surface area contributed by atoms with Crippen molar-refractivity contribution in [3.05, 3.63) is 64.8 Å². The van der Waals surface area contributed by atoms with Crippen molar-refractivity contribution in [2.24, 2.45) is 0 Å². The van der Waals surface area contributed by atoms with Gasteiger partial charge in [0.2, 0.25) is 17.6 Å². The van der Waals surface area contributed by atoms with Crippen molar-refractivity contribution < 1.29 is 13.9 Å². The van der Waals surface area contributed by atoms with Gasteiger partial charge in [-0.05, 0) is 18.2 Å². The van der Waals surface area contributed by atoms with E-state index >= 15 is 0 Å². The number of pyridine rings is 1. The first kappa shape index (κ1) is 16.8. The predicted molar refractivity (Wildman–Crippen MR) is 93.5 cm³/mol. The summed E-state index contributed by atoms with van der Waals surface area (Å²) in [6, 6.07) is 9.73. The van der Waals surface area contributed by atoms with Crippen LogP contribution in [0.4, 0.5) is 5.69 Å². The Balaban J connectivity index is 1.47. The Labute approximate surface area is 155 Å². The van der Waals surface area contributed by atoms with Crippen LogP contribution in [0.3, 0.4) is 0 Å². The Morgan fingerprint density at radius 1 is 1.11 bits per heavy atom. The summed E-state index contributed by atoms with van der Waals surface area (Å²) in [6.07, 6.45) is 3.27. The molecule has 0 amide bonds. The number of nitrogens with zero attached hydrogens (tertiary/aromatic N) is 6. The summed E-state index contributed by atoms with van der Waals surface area (Å²) in [5.41, 5.74) is 0.970. The highest BCUT2D eigenvalue weighted by molar-refractivity contribution is 7.98. The summed E-state index contributed by atoms with van der Waals surface area (Å²) in [7, 11) is 0. The first-order valence-electron chi connectivity index (χ1n) is 7.64. The van der Waals surface area contributed by atoms with Crippen molar-refractivity contribution in [1.82, 2.24) is 25.3 Å². The fourth-order valence-corrected chi connectivity index (χ4v) is 2.85. The molecule has 4 rings (SSSR count). The number of hydrogen-bond donors (Lipinski definition) is 0. The second-order valence-electron chi connectivity index (χ2n) is 5.18. The molecule has 11 heteroatoms. The predicted octanol–water partition coefficient (Wildman–Crippen LogP) is 3.38. The second-order valence-corrected chi connectivity index (χ2v) is 6.11. The second kappa shape index (κ2) is 7.33. The molecule has 3 aromatic heterocycles. The molecular weight excluding hydrogens is 372 g/mol. The topological polar surface area (TPSA) is 134 Å². The van der Waals surface area contributed by atoms with Gasteiger partial charge in [0, 0.05) is 24.0 Å². The van der Waals surface area contributed by atoms with Crippen LogP contribution in [0.25, 0.3) is 22.8 Å². The molecule has 0 aliphatic rings. The van der Waals surface area contributed by atoms with Crippen LogP contribution in [0, 0.1) is 10.1 Å². The van der Waals surface area contributed by atoms with Crippen LogP contribution in [0.5, 0.6) is 0 Å². The van der Waals surface area contributed by atoms with E-state index in [-0.39, 0.29) is 23.2 Å². The molecule has 0 N–H and O–H groups in total. The third kappa shape index (κ3) is 3.67. The average Bonchev–Trinajstić information content (AvgIpc) is 3.37. The zero-order chi connectivity index (χ0) is 18.6. The molecule has 0 unspecified atom stereocenters. The number of nitro benzene ring substituents is 1. The zero-order valence-corrected chi connectivity index (χ0v) is 14.4. The molecule has 0 radical (unpaired) electrons. The molecule has 0 saturated heterocycles. The highest BCUT2D eigenvalue weighted by Crippen LogP contribution is 2.29. The summed E-state index contributed by atoms with van der Waals surface area (Å²) in [5, 5.41) is 23.2. The molecule has 10 nitrogen and oxygen atoms in total. The van der Waals surface area contributed by atoms with Crippen molar-refractivity contribution in [2.75, 3.05) is 0 Å². The van der Waals surface area contributed by atoms with Crippen LogP contribution in [0.1, 0.15) is 5.89 Å². The molecule has 4 aromatic rings. The Morgan fingerprint density at radius 3 is 2.74 bits per heavy atom. The minimum Gasteiger partial charge on any atom is -0.411 e. The van der Waals surface area contributed by atoms with Gasteiger partial charge in [0.1, 0.15) is 5.56 Å². The third-order valence-corrected chi connectivity index (χ3v) is 4.27. The SMILES string of the molecule is O=[N+]([O-])c1ccccc1-c1noc(CSc2nnc(-c3ccncc3)o2)n1. The standard InChI is InChI=1S/C16H10N6O4S/c23-22(24)12-4-2-1-3-11(12)14-18-13(26-21-14)9-27-16-20-19-15(25-16)10-5-7-17-8-6-10/h1-8H,9H2. The van der Waals surface area contributed by atoms with Gasteiger partial charge >= 0.3 is 0 Å². The van der Waals surface area contributed by atoms with E-state index in [0.717, 1.165) is 5.56 Å². The quantitative estimate of drug-likeness (QED) is 0.277. The fraction of sp³-hybridized carbons (Fsp3) is 0.0625. The van der Waals surface area contributed by atoms with Gasteiger partial charge in [-0.15, -0.1) is 10.2 Å². The maximum Gasteiger partial charge on any atom is 0.280 e. The van der Waals surface area contributed by atoms with Crippen LogP contribution in [0.15, 0.2) is 63.0 Å². The highest BCUT2D eigenvalue weighted by Gasteiger charge is 2.19. The molecule has 0 saturated carbocycles. The monoisotopic (exact) mass is 382 g/mol. The molecule has 134 valence electrons. The Bertz CT molecular complexity index is 1080. The van der Waals surface area contributed by atoms with Gasteiger partial charge in [0.25, 0.3) is 10.9 Å². The van der Waals surface area contributed by atoms with Gasteiger partial charge in [0.15, 0.2) is 0 Å². The van der Waals surface area contributed by atoms with Crippen LogP contribution in [0.2, 0.25) is 0 Å². The van der Waals surface area contributed by atoms with Crippen LogP contribution in [-0.4, -0.2) is 30.2 Å². The molecule has 0 fully saturated rings. The van der Waals surface area contributed by atoms with E-state index < -0.39 is 4.92 Å². The van der Waals surface area contributed by atoms with Gasteiger partial charge in [-0.3, -0.25) is 15.1 Å². The molecule has 0 bridgehead atoms. The first-order valence-corrected chi connectivity index (χ1v) is 8.62. The number of aromatic nitrogens is 5. The summed E-state index contributed by atoms with van der Waals surface area (Å²) in [6.45, 7) is 0. The highest BCUT2D eigenvalue weighted by atomic mass is 32.2. The number of hydrogen-bond acceptors (Lipinski definition) is 10. The largest absolute Gasteiger partial charge is 0.411 e. The van der Waals surface area contributed by atoms with E-state index in [1.807, 2.05) is 0 Å². The first-order chi connectivity index (χ1) is 13.2. The normalized spacial score (nSPS) is 10.8. The van der Waals surface area contributed by atoms with Gasteiger partial charge in [-0.25, -0.2) is 0 Å². The lowest BCUT2D eigenvalue weighted by atomic mass is 10.2. The van der Waals surface area contributed by atoms with E-state index in [1.165, 1.54) is 17.8 Å². The van der Waals surface area contributed by atoms with Gasteiger partial charge in [-0.1, -0.05) is 29.1 Å². The molecule has 0 aliphatic heterocycles. The molecule has 0 spiro atoms. The maximum absolute atomic E-state index is 11.1. The smallest absolute Gasteiger partial charge is 0.280 e. The Hall–Kier alpha value is -3.60. The molecular formula is C16H10N6O4S. The maximum atomic E-state index is 11.1. The summed E-state index contributed by atoms with van der Waals surface area (Å²) in [4.78, 5) is 18.8. The van der Waals surface area contributed by atoms with Crippen LogP contribution >= 0.6 is 11.8 Å². The lowest BCUT2D eigenvalue weighted by Gasteiger charge is -1.96. The van der Waals surface area contributed by atoms with E-state index in [1.54, 1.807) is 42.7 Å². The van der Waals surface area contributed by atoms with Gasteiger partial charge < -0.3 is 8.94 Å². The van der Waals surface area contributed by atoms with Gasteiger partial charge in [0.05, 0.1) is 10.7 Å². The summed E-state index contributed by atoms with van der Waals surface area (Å²) >= 11 is 1.22. The molecule has 0 atom stereocenters. The summed E-state index contributed by atoms with van der Waals surface area (Å²) in [5.74, 6) is 1.11. The lowest BCUT2D eigenvalue weighted by Crippen LogP contribution is -1.92. The zero-order valence-electron chi connectivity index (χ0n) is 13.6.